The third kappa shape index (κ3) is 1.71. The Bertz CT molecular complexity index is 317. The van der Waals surface area contributed by atoms with Gasteiger partial charge in [0.25, 0.3) is 0 Å². The predicted molar refractivity (Wildman–Crippen MR) is 34.5 cm³/mol. The molecule has 0 amide bonds. The molecule has 9 heavy (non-hydrogen) atoms. The smallest absolute Gasteiger partial charge is 0.159 e. The zero-order chi connectivity index (χ0) is 10.2. The van der Waals surface area contributed by atoms with Crippen LogP contribution in [-0.4, -0.2) is 9.97 Å². The first-order valence-electron chi connectivity index (χ1n) is 4.02. The fourth-order valence-corrected chi connectivity index (χ4v) is 0.474. The molecular weight excluding hydrogens is 187 g/mol. The topological polar surface area (TPSA) is 25.8 Å². The maximum absolute atomic E-state index is 12.6. The first-order chi connectivity index (χ1) is 5.82. The zero-order valence-corrected chi connectivity index (χ0v) is 5.74. The van der Waals surface area contributed by atoms with Crippen LogP contribution < -0.4 is 0 Å². The van der Waals surface area contributed by atoms with Gasteiger partial charge in [-0.05, 0) is 15.9 Å². The van der Waals surface area contributed by atoms with Crippen LogP contribution in [0.2, 0.25) is 0 Å². The summed E-state index contributed by atoms with van der Waals surface area (Å²) in [6.45, 7) is -3.22. The van der Waals surface area contributed by atoms with Crippen molar-refractivity contribution in [1.29, 1.82) is 0 Å². The van der Waals surface area contributed by atoms with Crippen LogP contribution in [0.1, 0.15) is 11.3 Å². The molecule has 0 bridgehead atoms. The van der Waals surface area contributed by atoms with Crippen LogP contribution in [0.5, 0.6) is 0 Å². The van der Waals surface area contributed by atoms with E-state index in [1.54, 1.807) is 0 Å². The third-order valence-corrected chi connectivity index (χ3v) is 0.959. The highest BCUT2D eigenvalue weighted by Gasteiger charge is 1.91. The Kier molecular flexibility index (Phi) is 0.973. The Balaban J connectivity index is 3.29. The van der Waals surface area contributed by atoms with Crippen molar-refractivity contribution in [3.8, 4) is 0 Å². The second-order valence-corrected chi connectivity index (χ2v) is 1.97. The lowest BCUT2D eigenvalue weighted by Crippen LogP contribution is -1.88. The van der Waals surface area contributed by atoms with Crippen molar-refractivity contribution >= 4 is 15.9 Å². The van der Waals surface area contributed by atoms with E-state index in [-0.39, 0.29) is 4.47 Å². The van der Waals surface area contributed by atoms with E-state index in [9.17, 15) is 4.39 Å². The van der Waals surface area contributed by atoms with Gasteiger partial charge in [-0.2, -0.15) is 0 Å². The Morgan fingerprint density at radius 2 is 2.33 bits per heavy atom. The fourth-order valence-electron chi connectivity index (χ4n) is 0.296. The van der Waals surface area contributed by atoms with Gasteiger partial charge in [0, 0.05) is 12.3 Å². The van der Waals surface area contributed by atoms with Gasteiger partial charge in [0.05, 0.1) is 9.96 Å². The van der Waals surface area contributed by atoms with E-state index in [0.717, 1.165) is 0 Å². The van der Waals surface area contributed by atoms with E-state index in [2.05, 4.69) is 25.9 Å². The van der Waals surface area contributed by atoms with Gasteiger partial charge in [-0.15, -0.1) is 0 Å². The molecule has 4 heteroatoms. The van der Waals surface area contributed by atoms with E-state index < -0.39 is 24.8 Å². The molecule has 2 nitrogen and oxygen atoms in total. The summed E-state index contributed by atoms with van der Waals surface area (Å²) in [4.78, 5) is 6.49. The average Bonchev–Trinajstić information content (AvgIpc) is 1.97. The lowest BCUT2D eigenvalue weighted by Gasteiger charge is -1.89. The zero-order valence-electron chi connectivity index (χ0n) is 8.15. The number of rotatable bonds is 1. The van der Waals surface area contributed by atoms with Crippen LogP contribution in [0.25, 0.3) is 0 Å². The molecule has 0 aliphatic rings. The largest absolute Gasteiger partial charge is 0.242 e. The number of hydrogen-bond acceptors (Lipinski definition) is 2. The van der Waals surface area contributed by atoms with Crippen LogP contribution in [0.15, 0.2) is 16.8 Å². The number of nitrogens with zero attached hydrogens (tertiary/aromatic N) is 2. The highest BCUT2D eigenvalue weighted by Crippen LogP contribution is 2.04. The van der Waals surface area contributed by atoms with Crippen LogP contribution >= 0.6 is 15.9 Å². The molecule has 0 aromatic carbocycles. The summed E-state index contributed by atoms with van der Waals surface area (Å²) in [5.74, 6) is -0.800. The van der Waals surface area contributed by atoms with Crippen molar-refractivity contribution < 1.29 is 9.87 Å². The third-order valence-electron chi connectivity index (χ3n) is 0.604. The van der Waals surface area contributed by atoms with E-state index >= 15 is 0 Å². The minimum atomic E-state index is -3.22. The lowest BCUT2D eigenvalue weighted by atomic mass is 10.6. The molecule has 0 saturated carbocycles. The van der Waals surface area contributed by atoms with Gasteiger partial charge in [0.15, 0.2) is 5.82 Å². The lowest BCUT2D eigenvalue weighted by molar-refractivity contribution is 0.465. The molecule has 1 heterocycles. The molecule has 0 spiro atoms. The van der Waals surface area contributed by atoms with Gasteiger partial charge >= 0.3 is 0 Å². The summed E-state index contributed by atoms with van der Waals surface area (Å²) in [5, 5.41) is 0. The van der Waals surface area contributed by atoms with Gasteiger partial charge in [-0.3, -0.25) is 0 Å². The van der Waals surface area contributed by atoms with E-state index in [1.165, 1.54) is 0 Å². The van der Waals surface area contributed by atoms with Gasteiger partial charge in [-0.25, -0.2) is 14.4 Å². The number of alkyl halides is 1. The monoisotopic (exact) mass is 194 g/mol. The summed E-state index contributed by atoms with van der Waals surface area (Å²) < 4.78 is 40.2. The van der Waals surface area contributed by atoms with Crippen LogP contribution in [0.3, 0.4) is 0 Å². The Hall–Kier alpha value is -0.510. The quantitative estimate of drug-likeness (QED) is 0.681. The summed E-state index contributed by atoms with van der Waals surface area (Å²) in [5.41, 5.74) is 0. The predicted octanol–water partition coefficient (Wildman–Crippen LogP) is 1.71. The van der Waals surface area contributed by atoms with Crippen molar-refractivity contribution in [3.63, 3.8) is 0 Å². The Labute approximate surface area is 65.9 Å². The highest BCUT2D eigenvalue weighted by molar-refractivity contribution is 9.10. The van der Waals surface area contributed by atoms with Gasteiger partial charge in [0.2, 0.25) is 0 Å². The average molecular weight is 195 g/mol. The summed E-state index contributed by atoms with van der Waals surface area (Å²) >= 11 is 2.84. The SMILES string of the molecule is [2H]c1nc(C([2H])([2H])F)nc([2H])c1Br. The van der Waals surface area contributed by atoms with Gasteiger partial charge in [-0.1, -0.05) is 0 Å². The normalized spacial score (nSPS) is 17.6. The second kappa shape index (κ2) is 2.87. The molecule has 0 aliphatic carbocycles. The molecular formula is C5H4BrFN2. The highest BCUT2D eigenvalue weighted by atomic mass is 79.9. The minimum Gasteiger partial charge on any atom is -0.242 e. The van der Waals surface area contributed by atoms with E-state index in [1.807, 2.05) is 0 Å². The maximum Gasteiger partial charge on any atom is 0.159 e. The molecule has 0 saturated heterocycles. The number of aromatic nitrogens is 2. The molecule has 1 aromatic heterocycles. The summed E-state index contributed by atoms with van der Waals surface area (Å²) in [7, 11) is 0. The fraction of sp³-hybridized carbons (Fsp3) is 0.200. The molecule has 0 fully saturated rings. The van der Waals surface area contributed by atoms with Crippen molar-refractivity contribution in [2.75, 3.05) is 0 Å². The number of halogens is 2. The van der Waals surface area contributed by atoms with Gasteiger partial charge in [0.1, 0.15) is 6.63 Å². The van der Waals surface area contributed by atoms with Gasteiger partial charge < -0.3 is 0 Å². The van der Waals surface area contributed by atoms with Crippen molar-refractivity contribution in [2.45, 2.75) is 6.63 Å². The molecule has 0 radical (unpaired) electrons. The first-order valence-corrected chi connectivity index (χ1v) is 2.82. The van der Waals surface area contributed by atoms with E-state index in [0.29, 0.717) is 0 Å². The molecule has 0 unspecified atom stereocenters. The maximum atomic E-state index is 12.6. The molecule has 48 valence electrons. The van der Waals surface area contributed by atoms with Crippen molar-refractivity contribution in [2.24, 2.45) is 0 Å². The van der Waals surface area contributed by atoms with Crippen LogP contribution in [0.4, 0.5) is 4.39 Å². The standard InChI is InChI=1S/C5H4BrFN2/c6-4-2-8-5(1-7)9-3-4/h2-3H,1H2/i1D2,2D,3D. The molecule has 0 aliphatic heterocycles. The minimum absolute atomic E-state index is 0.0144. The van der Waals surface area contributed by atoms with Crippen LogP contribution in [0, 0.1) is 0 Å². The first kappa shape index (κ1) is 3.05. The number of hydrogen-bond donors (Lipinski definition) is 0. The molecule has 0 N–H and O–H groups in total. The summed E-state index contributed by atoms with van der Waals surface area (Å²) in [6.07, 6.45) is -0.812. The summed E-state index contributed by atoms with van der Waals surface area (Å²) in [6, 6.07) is 0. The van der Waals surface area contributed by atoms with Crippen molar-refractivity contribution in [3.05, 3.63) is 22.6 Å². The Morgan fingerprint density at radius 1 is 1.78 bits per heavy atom. The van der Waals surface area contributed by atoms with Crippen LogP contribution in [-0.2, 0) is 6.63 Å². The Morgan fingerprint density at radius 3 is 2.78 bits per heavy atom. The molecule has 1 rings (SSSR count). The second-order valence-electron chi connectivity index (χ2n) is 1.18. The van der Waals surface area contributed by atoms with E-state index in [4.69, 9.17) is 5.48 Å². The molecule has 1 aromatic rings. The van der Waals surface area contributed by atoms with Crippen molar-refractivity contribution in [1.82, 2.24) is 9.97 Å². The molecule has 0 atom stereocenters.